The van der Waals surface area contributed by atoms with Crippen LogP contribution < -0.4 is 15.8 Å². The van der Waals surface area contributed by atoms with Crippen LogP contribution in [0.25, 0.3) is 0 Å². The third-order valence-electron chi connectivity index (χ3n) is 2.51. The number of halogens is 1. The number of nitrogens with one attached hydrogen (secondary N) is 1. The fraction of sp³-hybridized carbons (Fsp3) is 0.417. The van der Waals surface area contributed by atoms with Crippen LogP contribution >= 0.6 is 11.6 Å². The van der Waals surface area contributed by atoms with Crippen LogP contribution in [0, 0.1) is 6.92 Å². The Morgan fingerprint density at radius 2 is 2.24 bits per heavy atom. The summed E-state index contributed by atoms with van der Waals surface area (Å²) in [7, 11) is 1.59. The van der Waals surface area contributed by atoms with Gasteiger partial charge in [0.25, 0.3) is 0 Å². The van der Waals surface area contributed by atoms with Gasteiger partial charge < -0.3 is 15.8 Å². The second kappa shape index (κ2) is 6.47. The number of hydrogen-bond acceptors (Lipinski definition) is 3. The van der Waals surface area contributed by atoms with E-state index in [1.54, 1.807) is 7.11 Å². The van der Waals surface area contributed by atoms with E-state index >= 15 is 0 Å². The Morgan fingerprint density at radius 1 is 1.53 bits per heavy atom. The second-order valence-corrected chi connectivity index (χ2v) is 4.12. The van der Waals surface area contributed by atoms with Gasteiger partial charge in [-0.2, -0.15) is 0 Å². The fourth-order valence-corrected chi connectivity index (χ4v) is 1.79. The van der Waals surface area contributed by atoms with Crippen molar-refractivity contribution in [3.05, 3.63) is 28.3 Å². The van der Waals surface area contributed by atoms with Gasteiger partial charge in [-0.3, -0.25) is 4.79 Å². The van der Waals surface area contributed by atoms with Crippen LogP contribution in [0.3, 0.4) is 0 Å². The summed E-state index contributed by atoms with van der Waals surface area (Å²) in [6.07, 6.45) is 0.723. The Hall–Kier alpha value is -1.26. The molecule has 1 aromatic rings. The molecule has 0 radical (unpaired) electrons. The molecule has 0 aliphatic heterocycles. The van der Waals surface area contributed by atoms with E-state index in [4.69, 9.17) is 22.1 Å². The van der Waals surface area contributed by atoms with Crippen LogP contribution in [-0.2, 0) is 11.2 Å². The molecule has 0 spiro atoms. The molecular formula is C12H17ClN2O2. The highest BCUT2D eigenvalue weighted by molar-refractivity contribution is 6.32. The van der Waals surface area contributed by atoms with E-state index in [0.29, 0.717) is 17.3 Å². The van der Waals surface area contributed by atoms with Gasteiger partial charge in [0.15, 0.2) is 0 Å². The van der Waals surface area contributed by atoms with Gasteiger partial charge in [-0.05, 0) is 36.6 Å². The Balaban J connectivity index is 2.65. The molecule has 3 N–H and O–H groups in total. The summed E-state index contributed by atoms with van der Waals surface area (Å²) in [5, 5.41) is 3.30. The Kier molecular flexibility index (Phi) is 5.25. The lowest BCUT2D eigenvalue weighted by molar-refractivity contribution is -0.119. The van der Waals surface area contributed by atoms with Gasteiger partial charge in [0.2, 0.25) is 5.91 Å². The molecule has 0 heterocycles. The molecule has 0 aromatic heterocycles. The monoisotopic (exact) mass is 256 g/mol. The highest BCUT2D eigenvalue weighted by Crippen LogP contribution is 2.27. The summed E-state index contributed by atoms with van der Waals surface area (Å²) in [4.78, 5) is 11.0. The number of carbonyl (C=O) groups excluding carboxylic acids is 1. The van der Waals surface area contributed by atoms with Gasteiger partial charge in [0.1, 0.15) is 5.75 Å². The number of rotatable bonds is 5. The number of nitrogens with two attached hydrogens (primary N) is 1. The molecule has 1 aromatic carbocycles. The summed E-state index contributed by atoms with van der Waals surface area (Å²) >= 11 is 6.04. The first-order chi connectivity index (χ1) is 8.08. The minimum atomic E-state index is -0.151. The van der Waals surface area contributed by atoms with E-state index in [1.165, 1.54) is 0 Å². The highest BCUT2D eigenvalue weighted by Gasteiger charge is 2.06. The third-order valence-corrected chi connectivity index (χ3v) is 2.81. The van der Waals surface area contributed by atoms with Gasteiger partial charge in [-0.25, -0.2) is 0 Å². The Bertz CT molecular complexity index is 408. The number of ether oxygens (including phenoxy) is 1. The molecule has 5 heteroatoms. The molecule has 1 amide bonds. The zero-order valence-electron chi connectivity index (χ0n) is 10.0. The maximum Gasteiger partial charge on any atom is 0.233 e. The highest BCUT2D eigenvalue weighted by atomic mass is 35.5. The molecule has 0 aliphatic carbocycles. The van der Waals surface area contributed by atoms with E-state index in [2.05, 4.69) is 5.32 Å². The molecule has 4 nitrogen and oxygen atoms in total. The normalized spacial score (nSPS) is 10.1. The Morgan fingerprint density at radius 3 is 2.82 bits per heavy atom. The van der Waals surface area contributed by atoms with E-state index < -0.39 is 0 Å². The summed E-state index contributed by atoms with van der Waals surface area (Å²) < 4.78 is 5.12. The summed E-state index contributed by atoms with van der Waals surface area (Å²) in [5.74, 6) is 0.515. The zero-order valence-corrected chi connectivity index (χ0v) is 10.8. The minimum absolute atomic E-state index is 0.0162. The fourth-order valence-electron chi connectivity index (χ4n) is 1.53. The van der Waals surface area contributed by atoms with Crippen LogP contribution in [0.15, 0.2) is 12.1 Å². The zero-order chi connectivity index (χ0) is 12.8. The van der Waals surface area contributed by atoms with Crippen LogP contribution in [0.2, 0.25) is 5.02 Å². The number of methoxy groups -OCH3 is 1. The molecule has 94 valence electrons. The average molecular weight is 257 g/mol. The summed E-state index contributed by atoms with van der Waals surface area (Å²) in [5.41, 5.74) is 7.38. The van der Waals surface area contributed by atoms with Gasteiger partial charge in [0, 0.05) is 6.54 Å². The molecule has 0 unspecified atom stereocenters. The number of aryl methyl sites for hydroxylation is 1. The van der Waals surface area contributed by atoms with Crippen molar-refractivity contribution in [3.63, 3.8) is 0 Å². The molecule has 0 saturated heterocycles. The standard InChI is InChI=1S/C12H17ClN2O2/c1-8-5-11(17-2)10(13)6-9(8)3-4-15-12(16)7-14/h5-6H,3-4,7,14H2,1-2H3,(H,15,16). The van der Waals surface area contributed by atoms with Gasteiger partial charge in [-0.15, -0.1) is 0 Å². The van der Waals surface area contributed by atoms with Crippen molar-refractivity contribution in [3.8, 4) is 5.75 Å². The van der Waals surface area contributed by atoms with Crippen molar-refractivity contribution < 1.29 is 9.53 Å². The quantitative estimate of drug-likeness (QED) is 0.834. The lowest BCUT2D eigenvalue weighted by Crippen LogP contribution is -2.31. The van der Waals surface area contributed by atoms with E-state index in [9.17, 15) is 4.79 Å². The number of benzene rings is 1. The first-order valence-corrected chi connectivity index (χ1v) is 5.76. The lowest BCUT2D eigenvalue weighted by atomic mass is 10.1. The second-order valence-electron chi connectivity index (χ2n) is 3.72. The SMILES string of the molecule is COc1cc(C)c(CCNC(=O)CN)cc1Cl. The summed E-state index contributed by atoms with van der Waals surface area (Å²) in [6, 6.07) is 3.76. The van der Waals surface area contributed by atoms with E-state index in [-0.39, 0.29) is 12.5 Å². The van der Waals surface area contributed by atoms with Crippen molar-refractivity contribution in [1.82, 2.24) is 5.32 Å². The predicted molar refractivity (Wildman–Crippen MR) is 68.5 cm³/mol. The van der Waals surface area contributed by atoms with Crippen molar-refractivity contribution in [2.45, 2.75) is 13.3 Å². The molecular weight excluding hydrogens is 240 g/mol. The van der Waals surface area contributed by atoms with Crippen LogP contribution in [0.5, 0.6) is 5.75 Å². The first-order valence-electron chi connectivity index (χ1n) is 5.38. The van der Waals surface area contributed by atoms with Crippen LogP contribution in [0.4, 0.5) is 0 Å². The van der Waals surface area contributed by atoms with E-state index in [1.807, 2.05) is 19.1 Å². The van der Waals surface area contributed by atoms with Crippen molar-refractivity contribution >= 4 is 17.5 Å². The number of hydrogen-bond donors (Lipinski definition) is 2. The van der Waals surface area contributed by atoms with Crippen molar-refractivity contribution in [2.75, 3.05) is 20.2 Å². The maximum absolute atomic E-state index is 11.0. The van der Waals surface area contributed by atoms with Gasteiger partial charge in [-0.1, -0.05) is 11.6 Å². The topological polar surface area (TPSA) is 64.3 Å². The van der Waals surface area contributed by atoms with Crippen LogP contribution in [0.1, 0.15) is 11.1 Å². The summed E-state index contributed by atoms with van der Waals surface area (Å²) in [6.45, 7) is 2.56. The minimum Gasteiger partial charge on any atom is -0.495 e. The largest absolute Gasteiger partial charge is 0.495 e. The van der Waals surface area contributed by atoms with Crippen LogP contribution in [-0.4, -0.2) is 26.1 Å². The third kappa shape index (κ3) is 3.91. The average Bonchev–Trinajstić information content (AvgIpc) is 2.32. The molecule has 0 fully saturated rings. The predicted octanol–water partition coefficient (Wildman–Crippen LogP) is 1.27. The lowest BCUT2D eigenvalue weighted by Gasteiger charge is -2.10. The molecule has 0 atom stereocenters. The van der Waals surface area contributed by atoms with E-state index in [0.717, 1.165) is 17.5 Å². The Labute approximate surface area is 106 Å². The van der Waals surface area contributed by atoms with Crippen molar-refractivity contribution in [1.29, 1.82) is 0 Å². The molecule has 17 heavy (non-hydrogen) atoms. The molecule has 0 saturated carbocycles. The van der Waals surface area contributed by atoms with Gasteiger partial charge >= 0.3 is 0 Å². The smallest absolute Gasteiger partial charge is 0.233 e. The first kappa shape index (κ1) is 13.8. The number of carbonyl (C=O) groups is 1. The van der Waals surface area contributed by atoms with Crippen molar-refractivity contribution in [2.24, 2.45) is 5.73 Å². The molecule has 0 bridgehead atoms. The maximum atomic E-state index is 11.0. The molecule has 1 rings (SSSR count). The van der Waals surface area contributed by atoms with Gasteiger partial charge in [0.05, 0.1) is 18.7 Å². The molecule has 0 aliphatic rings. The number of amides is 1.